The summed E-state index contributed by atoms with van der Waals surface area (Å²) in [5.74, 6) is -0.0539. The summed E-state index contributed by atoms with van der Waals surface area (Å²) in [6.45, 7) is 0.195. The summed E-state index contributed by atoms with van der Waals surface area (Å²) in [5.41, 5.74) is 3.98. The third-order valence-corrected chi connectivity index (χ3v) is 4.90. The SMILES string of the molecule is O=C(NN=Cc1ccc(OCc2cccc([N+](=O)[O-])c2)cc1)c1cc2ccccc2cc1O. The Hall–Kier alpha value is -4.72. The zero-order valence-electron chi connectivity index (χ0n) is 17.3. The van der Waals surface area contributed by atoms with Gasteiger partial charge in [0.05, 0.1) is 16.7 Å². The molecule has 0 unspecified atom stereocenters. The number of hydrogen-bond acceptors (Lipinski definition) is 6. The van der Waals surface area contributed by atoms with E-state index in [4.69, 9.17) is 4.74 Å². The van der Waals surface area contributed by atoms with Crippen molar-refractivity contribution in [1.82, 2.24) is 5.43 Å². The second kappa shape index (κ2) is 9.61. The molecule has 1 amide bonds. The van der Waals surface area contributed by atoms with Gasteiger partial charge in [-0.1, -0.05) is 36.4 Å². The number of benzene rings is 4. The fraction of sp³-hybridized carbons (Fsp3) is 0.0400. The van der Waals surface area contributed by atoms with E-state index in [1.54, 1.807) is 48.5 Å². The van der Waals surface area contributed by atoms with E-state index < -0.39 is 10.8 Å². The van der Waals surface area contributed by atoms with E-state index in [1.165, 1.54) is 18.3 Å². The minimum absolute atomic E-state index is 0.0155. The van der Waals surface area contributed by atoms with Gasteiger partial charge in [0, 0.05) is 12.1 Å². The number of nitro benzene ring substituents is 1. The van der Waals surface area contributed by atoms with Crippen LogP contribution in [0.4, 0.5) is 5.69 Å². The minimum atomic E-state index is -0.522. The number of carbonyl (C=O) groups is 1. The number of rotatable bonds is 7. The molecule has 0 fully saturated rings. The molecule has 4 rings (SSSR count). The van der Waals surface area contributed by atoms with Crippen LogP contribution in [0, 0.1) is 10.1 Å². The van der Waals surface area contributed by atoms with E-state index in [1.807, 2.05) is 24.3 Å². The quantitative estimate of drug-likeness (QED) is 0.243. The molecule has 0 aromatic heterocycles. The summed E-state index contributed by atoms with van der Waals surface area (Å²) in [4.78, 5) is 22.8. The summed E-state index contributed by atoms with van der Waals surface area (Å²) in [6, 6.07) is 23.8. The highest BCUT2D eigenvalue weighted by molar-refractivity contribution is 6.01. The first-order valence-corrected chi connectivity index (χ1v) is 10.0. The predicted molar refractivity (Wildman–Crippen MR) is 125 cm³/mol. The van der Waals surface area contributed by atoms with Crippen LogP contribution in [0.3, 0.4) is 0 Å². The van der Waals surface area contributed by atoms with Crippen molar-refractivity contribution in [2.45, 2.75) is 6.61 Å². The summed E-state index contributed by atoms with van der Waals surface area (Å²) in [6.07, 6.45) is 1.47. The zero-order chi connectivity index (χ0) is 23.2. The highest BCUT2D eigenvalue weighted by atomic mass is 16.6. The lowest BCUT2D eigenvalue weighted by atomic mass is 10.1. The van der Waals surface area contributed by atoms with Crippen molar-refractivity contribution in [2.24, 2.45) is 5.10 Å². The third-order valence-electron chi connectivity index (χ3n) is 4.90. The molecular weight excluding hydrogens is 422 g/mol. The van der Waals surface area contributed by atoms with Crippen LogP contribution in [-0.2, 0) is 6.61 Å². The van der Waals surface area contributed by atoms with Crippen LogP contribution in [0.25, 0.3) is 10.8 Å². The maximum atomic E-state index is 12.4. The van der Waals surface area contributed by atoms with Gasteiger partial charge >= 0.3 is 0 Å². The highest BCUT2D eigenvalue weighted by Gasteiger charge is 2.11. The number of amides is 1. The first-order valence-electron chi connectivity index (χ1n) is 10.0. The number of carbonyl (C=O) groups excluding carboxylic acids is 1. The number of non-ortho nitro benzene ring substituents is 1. The van der Waals surface area contributed by atoms with Crippen LogP contribution in [0.15, 0.2) is 90.0 Å². The van der Waals surface area contributed by atoms with Crippen molar-refractivity contribution >= 4 is 28.6 Å². The number of nitrogens with zero attached hydrogens (tertiary/aromatic N) is 2. The molecule has 0 saturated carbocycles. The van der Waals surface area contributed by atoms with Crippen LogP contribution >= 0.6 is 0 Å². The minimum Gasteiger partial charge on any atom is -0.507 e. The van der Waals surface area contributed by atoms with E-state index >= 15 is 0 Å². The second-order valence-electron chi connectivity index (χ2n) is 7.20. The van der Waals surface area contributed by atoms with Crippen molar-refractivity contribution in [1.29, 1.82) is 0 Å². The molecule has 2 N–H and O–H groups in total. The standard InChI is InChI=1S/C25H19N3O5/c29-24-14-20-6-2-1-5-19(20)13-23(24)25(30)27-26-15-17-8-10-22(11-9-17)33-16-18-4-3-7-21(12-18)28(31)32/h1-15,29H,16H2,(H,27,30). The molecule has 4 aromatic rings. The molecular formula is C25H19N3O5. The molecule has 0 atom stereocenters. The fourth-order valence-electron chi connectivity index (χ4n) is 3.21. The van der Waals surface area contributed by atoms with Crippen molar-refractivity contribution in [3.8, 4) is 11.5 Å². The smallest absolute Gasteiger partial charge is 0.275 e. The topological polar surface area (TPSA) is 114 Å². The average Bonchev–Trinajstić information content (AvgIpc) is 2.83. The van der Waals surface area contributed by atoms with Gasteiger partial charge in [-0.3, -0.25) is 14.9 Å². The molecule has 0 aliphatic heterocycles. The van der Waals surface area contributed by atoms with E-state index in [2.05, 4.69) is 10.5 Å². The van der Waals surface area contributed by atoms with E-state index in [-0.39, 0.29) is 23.6 Å². The number of phenols is 1. The monoisotopic (exact) mass is 441 g/mol. The Balaban J connectivity index is 1.35. The fourth-order valence-corrected chi connectivity index (χ4v) is 3.21. The number of nitro groups is 1. The van der Waals surface area contributed by atoms with Gasteiger partial charge in [0.2, 0.25) is 0 Å². The second-order valence-corrected chi connectivity index (χ2v) is 7.20. The Labute approximate surface area is 188 Å². The Morgan fingerprint density at radius 1 is 1.00 bits per heavy atom. The van der Waals surface area contributed by atoms with Gasteiger partial charge in [0.1, 0.15) is 18.1 Å². The summed E-state index contributed by atoms with van der Waals surface area (Å²) in [5, 5.41) is 26.6. The summed E-state index contributed by atoms with van der Waals surface area (Å²) < 4.78 is 5.67. The number of nitrogens with one attached hydrogen (secondary N) is 1. The Kier molecular flexibility index (Phi) is 6.26. The molecule has 0 aliphatic rings. The number of hydrogen-bond donors (Lipinski definition) is 2. The number of phenolic OH excluding ortho intramolecular Hbond substituents is 1. The molecule has 8 heteroatoms. The van der Waals surface area contributed by atoms with Gasteiger partial charge in [-0.25, -0.2) is 5.43 Å². The number of aromatic hydroxyl groups is 1. The van der Waals surface area contributed by atoms with Crippen LogP contribution in [0.5, 0.6) is 11.5 Å². The van der Waals surface area contributed by atoms with Crippen LogP contribution < -0.4 is 10.2 Å². The van der Waals surface area contributed by atoms with Gasteiger partial charge in [0.25, 0.3) is 11.6 Å². The van der Waals surface area contributed by atoms with Gasteiger partial charge in [0.15, 0.2) is 0 Å². The molecule has 0 bridgehead atoms. The zero-order valence-corrected chi connectivity index (χ0v) is 17.3. The van der Waals surface area contributed by atoms with Gasteiger partial charge in [-0.15, -0.1) is 0 Å². The Bertz CT molecular complexity index is 1350. The lowest BCUT2D eigenvalue weighted by molar-refractivity contribution is -0.384. The van der Waals surface area contributed by atoms with E-state index in [0.29, 0.717) is 11.3 Å². The molecule has 0 heterocycles. The maximum absolute atomic E-state index is 12.4. The van der Waals surface area contributed by atoms with Gasteiger partial charge in [-0.05, 0) is 58.3 Å². The molecule has 4 aromatic carbocycles. The van der Waals surface area contributed by atoms with E-state index in [9.17, 15) is 20.0 Å². The lowest BCUT2D eigenvalue weighted by Gasteiger charge is -2.07. The third kappa shape index (κ3) is 5.31. The van der Waals surface area contributed by atoms with Crippen molar-refractivity contribution in [3.63, 3.8) is 0 Å². The molecule has 0 saturated heterocycles. The molecule has 0 radical (unpaired) electrons. The van der Waals surface area contributed by atoms with Crippen LogP contribution in [-0.4, -0.2) is 22.2 Å². The van der Waals surface area contributed by atoms with Crippen molar-refractivity contribution < 1.29 is 19.6 Å². The Morgan fingerprint density at radius 2 is 1.73 bits per heavy atom. The Morgan fingerprint density at radius 3 is 2.45 bits per heavy atom. The molecule has 33 heavy (non-hydrogen) atoms. The first-order chi connectivity index (χ1) is 16.0. The maximum Gasteiger partial charge on any atom is 0.275 e. The first kappa shape index (κ1) is 21.5. The number of hydrazone groups is 1. The summed E-state index contributed by atoms with van der Waals surface area (Å²) in [7, 11) is 0. The van der Waals surface area contributed by atoms with E-state index in [0.717, 1.165) is 16.3 Å². The van der Waals surface area contributed by atoms with Gasteiger partial charge < -0.3 is 9.84 Å². The highest BCUT2D eigenvalue weighted by Crippen LogP contribution is 2.25. The van der Waals surface area contributed by atoms with Gasteiger partial charge in [-0.2, -0.15) is 5.10 Å². The molecule has 8 nitrogen and oxygen atoms in total. The van der Waals surface area contributed by atoms with Crippen molar-refractivity contribution in [2.75, 3.05) is 0 Å². The molecule has 164 valence electrons. The number of ether oxygens (including phenoxy) is 1. The number of fused-ring (bicyclic) bond motifs is 1. The normalized spacial score (nSPS) is 10.9. The summed E-state index contributed by atoms with van der Waals surface area (Å²) >= 11 is 0. The molecule has 0 aliphatic carbocycles. The lowest BCUT2D eigenvalue weighted by Crippen LogP contribution is -2.17. The van der Waals surface area contributed by atoms with Crippen molar-refractivity contribution in [3.05, 3.63) is 112 Å². The van der Waals surface area contributed by atoms with Crippen LogP contribution in [0.1, 0.15) is 21.5 Å². The van der Waals surface area contributed by atoms with Crippen LogP contribution in [0.2, 0.25) is 0 Å². The average molecular weight is 441 g/mol. The predicted octanol–water partition coefficient (Wildman–Crippen LogP) is 4.80. The largest absolute Gasteiger partial charge is 0.507 e. The molecule has 0 spiro atoms.